The summed E-state index contributed by atoms with van der Waals surface area (Å²) in [7, 11) is -3.24. The summed E-state index contributed by atoms with van der Waals surface area (Å²) in [6.07, 6.45) is 2.31. The van der Waals surface area contributed by atoms with Crippen molar-refractivity contribution in [2.45, 2.75) is 6.42 Å². The van der Waals surface area contributed by atoms with E-state index in [2.05, 4.69) is 15.3 Å². The lowest BCUT2D eigenvalue weighted by atomic mass is 10.1. The van der Waals surface area contributed by atoms with E-state index in [1.165, 1.54) is 4.31 Å². The molecule has 1 aliphatic heterocycles. The molecule has 2 aromatic carbocycles. The number of hydrogen-bond acceptors (Lipinski definition) is 5. The average Bonchev–Trinajstić information content (AvgIpc) is 3.18. The normalized spacial score (nSPS) is 15.1. The fraction of sp³-hybridized carbons (Fsp3) is 0.125. The van der Waals surface area contributed by atoms with Gasteiger partial charge in [0, 0.05) is 23.8 Å². The third-order valence-electron chi connectivity index (χ3n) is 5.40. The van der Waals surface area contributed by atoms with Crippen LogP contribution < -0.4 is 9.62 Å². The molecule has 3 heterocycles. The molecule has 0 unspecified atom stereocenters. The molecule has 1 fully saturated rings. The molecule has 1 saturated heterocycles. The number of amides is 1. The molecule has 1 aliphatic rings. The quantitative estimate of drug-likeness (QED) is 0.512. The van der Waals surface area contributed by atoms with Crippen LogP contribution in [0.1, 0.15) is 16.8 Å². The molecule has 32 heavy (non-hydrogen) atoms. The number of carbonyl (C=O) groups excluding carboxylic acids is 1. The van der Waals surface area contributed by atoms with Crippen LogP contribution in [-0.4, -0.2) is 36.6 Å². The van der Waals surface area contributed by atoms with E-state index in [1.54, 1.807) is 36.5 Å². The van der Waals surface area contributed by atoms with Crippen molar-refractivity contribution in [3.8, 4) is 11.4 Å². The molecule has 0 radical (unpaired) electrons. The Bertz CT molecular complexity index is 1400. The third kappa shape index (κ3) is 3.80. The summed E-state index contributed by atoms with van der Waals surface area (Å²) in [5.74, 6) is -0.110. The van der Waals surface area contributed by atoms with Gasteiger partial charge in [-0.05, 0) is 55.0 Å². The van der Waals surface area contributed by atoms with Crippen molar-refractivity contribution < 1.29 is 13.2 Å². The van der Waals surface area contributed by atoms with Crippen LogP contribution in [0.5, 0.6) is 0 Å². The fourth-order valence-electron chi connectivity index (χ4n) is 3.85. The van der Waals surface area contributed by atoms with Gasteiger partial charge in [0.05, 0.1) is 33.9 Å². The van der Waals surface area contributed by atoms with Crippen LogP contribution in [0.3, 0.4) is 0 Å². The highest BCUT2D eigenvalue weighted by Gasteiger charge is 2.28. The van der Waals surface area contributed by atoms with E-state index in [0.717, 1.165) is 5.39 Å². The van der Waals surface area contributed by atoms with Gasteiger partial charge in [-0.3, -0.25) is 14.1 Å². The molecular weight excluding hydrogens is 424 g/mol. The van der Waals surface area contributed by atoms with Crippen molar-refractivity contribution in [2.75, 3.05) is 21.9 Å². The molecular formula is C24H20N4O3S. The van der Waals surface area contributed by atoms with E-state index in [1.807, 2.05) is 42.5 Å². The summed E-state index contributed by atoms with van der Waals surface area (Å²) in [6.45, 7) is 0.480. The lowest BCUT2D eigenvalue weighted by Gasteiger charge is -2.17. The first-order valence-corrected chi connectivity index (χ1v) is 11.9. The Hall–Kier alpha value is -3.78. The molecule has 0 atom stereocenters. The average molecular weight is 445 g/mol. The van der Waals surface area contributed by atoms with Gasteiger partial charge in [-0.1, -0.05) is 24.3 Å². The van der Waals surface area contributed by atoms with Gasteiger partial charge >= 0.3 is 0 Å². The largest absolute Gasteiger partial charge is 0.322 e. The Balaban J connectivity index is 1.46. The van der Waals surface area contributed by atoms with E-state index in [0.29, 0.717) is 46.8 Å². The maximum Gasteiger partial charge on any atom is 0.256 e. The Kier molecular flexibility index (Phi) is 5.07. The SMILES string of the molecule is O=C(Nc1ccc(N2CCCS2(=O)=O)cc1)c1cc(-c2ccccn2)nc2ccccc12. The van der Waals surface area contributed by atoms with Gasteiger partial charge < -0.3 is 5.32 Å². The van der Waals surface area contributed by atoms with Crippen LogP contribution >= 0.6 is 0 Å². The molecule has 4 aromatic rings. The van der Waals surface area contributed by atoms with Gasteiger partial charge in [0.15, 0.2) is 0 Å². The second-order valence-electron chi connectivity index (χ2n) is 7.53. The molecule has 0 bridgehead atoms. The maximum atomic E-state index is 13.2. The van der Waals surface area contributed by atoms with Gasteiger partial charge in [0.2, 0.25) is 10.0 Å². The van der Waals surface area contributed by atoms with Crippen molar-refractivity contribution in [3.63, 3.8) is 0 Å². The zero-order valence-electron chi connectivity index (χ0n) is 17.1. The van der Waals surface area contributed by atoms with E-state index in [-0.39, 0.29) is 11.7 Å². The lowest BCUT2D eigenvalue weighted by Crippen LogP contribution is -2.25. The summed E-state index contributed by atoms with van der Waals surface area (Å²) in [5.41, 5.74) is 3.67. The number of nitrogens with one attached hydrogen (secondary N) is 1. The Labute approximate surface area is 185 Å². The number of carbonyl (C=O) groups is 1. The number of para-hydroxylation sites is 1. The molecule has 0 aliphatic carbocycles. The first-order valence-electron chi connectivity index (χ1n) is 10.2. The fourth-order valence-corrected chi connectivity index (χ4v) is 5.41. The van der Waals surface area contributed by atoms with Crippen molar-refractivity contribution in [1.82, 2.24) is 9.97 Å². The molecule has 8 heteroatoms. The van der Waals surface area contributed by atoms with E-state index in [4.69, 9.17) is 0 Å². The predicted octanol–water partition coefficient (Wildman–Crippen LogP) is 4.09. The van der Waals surface area contributed by atoms with E-state index < -0.39 is 10.0 Å². The number of aromatic nitrogens is 2. The minimum absolute atomic E-state index is 0.166. The third-order valence-corrected chi connectivity index (χ3v) is 7.27. The first-order chi connectivity index (χ1) is 15.5. The molecule has 1 amide bonds. The smallest absolute Gasteiger partial charge is 0.256 e. The Morgan fingerprint density at radius 1 is 0.938 bits per heavy atom. The topological polar surface area (TPSA) is 92.3 Å². The predicted molar refractivity (Wildman–Crippen MR) is 125 cm³/mol. The minimum atomic E-state index is -3.24. The number of nitrogens with zero attached hydrogens (tertiary/aromatic N) is 3. The van der Waals surface area contributed by atoms with Gasteiger partial charge in [-0.15, -0.1) is 0 Å². The molecule has 2 aromatic heterocycles. The number of sulfonamides is 1. The summed E-state index contributed by atoms with van der Waals surface area (Å²) < 4.78 is 25.7. The van der Waals surface area contributed by atoms with Gasteiger partial charge in [-0.2, -0.15) is 0 Å². The first kappa shape index (κ1) is 20.1. The highest BCUT2D eigenvalue weighted by atomic mass is 32.2. The Morgan fingerprint density at radius 3 is 2.44 bits per heavy atom. The van der Waals surface area contributed by atoms with Crippen LogP contribution in [0.4, 0.5) is 11.4 Å². The number of rotatable bonds is 4. The highest BCUT2D eigenvalue weighted by Crippen LogP contribution is 2.27. The van der Waals surface area contributed by atoms with Crippen LogP contribution in [0.15, 0.2) is 79.0 Å². The van der Waals surface area contributed by atoms with Crippen LogP contribution in [0, 0.1) is 0 Å². The number of pyridine rings is 2. The molecule has 160 valence electrons. The van der Waals surface area contributed by atoms with Crippen molar-refractivity contribution in [2.24, 2.45) is 0 Å². The van der Waals surface area contributed by atoms with Gasteiger partial charge in [0.25, 0.3) is 5.91 Å². The Morgan fingerprint density at radius 2 is 1.72 bits per heavy atom. The van der Waals surface area contributed by atoms with E-state index >= 15 is 0 Å². The summed E-state index contributed by atoms with van der Waals surface area (Å²) >= 11 is 0. The van der Waals surface area contributed by atoms with Crippen molar-refractivity contribution >= 4 is 38.2 Å². The molecule has 7 nitrogen and oxygen atoms in total. The lowest BCUT2D eigenvalue weighted by molar-refractivity contribution is 0.102. The second-order valence-corrected chi connectivity index (χ2v) is 9.54. The monoisotopic (exact) mass is 444 g/mol. The summed E-state index contributed by atoms with van der Waals surface area (Å²) in [4.78, 5) is 22.2. The minimum Gasteiger partial charge on any atom is -0.322 e. The number of benzene rings is 2. The van der Waals surface area contributed by atoms with Gasteiger partial charge in [0.1, 0.15) is 0 Å². The van der Waals surface area contributed by atoms with Crippen molar-refractivity contribution in [3.05, 3.63) is 84.6 Å². The highest BCUT2D eigenvalue weighted by molar-refractivity contribution is 7.93. The van der Waals surface area contributed by atoms with Crippen LogP contribution in [-0.2, 0) is 10.0 Å². The van der Waals surface area contributed by atoms with Crippen molar-refractivity contribution in [1.29, 1.82) is 0 Å². The zero-order valence-corrected chi connectivity index (χ0v) is 17.9. The van der Waals surface area contributed by atoms with Gasteiger partial charge in [-0.25, -0.2) is 13.4 Å². The molecule has 0 saturated carbocycles. The van der Waals surface area contributed by atoms with Crippen LogP contribution in [0.2, 0.25) is 0 Å². The summed E-state index contributed by atoms with van der Waals surface area (Å²) in [6, 6.07) is 21.6. The standard InChI is InChI=1S/C24H20N4O3S/c29-24(26-17-9-11-18(12-10-17)28-14-5-15-32(28,30)31)20-16-23(22-8-3-4-13-25-22)27-21-7-2-1-6-19(20)21/h1-4,6-13,16H,5,14-15H2,(H,26,29). The molecule has 1 N–H and O–H groups in total. The number of hydrogen-bond donors (Lipinski definition) is 1. The maximum absolute atomic E-state index is 13.2. The molecule has 5 rings (SSSR count). The second kappa shape index (κ2) is 8.05. The van der Waals surface area contributed by atoms with Crippen LogP contribution in [0.25, 0.3) is 22.3 Å². The van der Waals surface area contributed by atoms with E-state index in [9.17, 15) is 13.2 Å². The number of anilines is 2. The number of fused-ring (bicyclic) bond motifs is 1. The zero-order chi connectivity index (χ0) is 22.1. The summed E-state index contributed by atoms with van der Waals surface area (Å²) in [5, 5.41) is 3.65. The molecule has 0 spiro atoms.